The first-order valence-corrected chi connectivity index (χ1v) is 5.36. The zero-order valence-corrected chi connectivity index (χ0v) is 10.6. The van der Waals surface area contributed by atoms with E-state index >= 15 is 0 Å². The molecule has 1 rings (SSSR count). The van der Waals surface area contributed by atoms with Crippen molar-refractivity contribution in [2.75, 3.05) is 11.9 Å². The molecule has 0 saturated heterocycles. The van der Waals surface area contributed by atoms with Gasteiger partial charge in [0, 0.05) is 18.7 Å². The standard InChI is InChI=1S/C12H18N2O.ClH/c1-3-12(15)14-11-8-6-5-7-10(11)9-13-4-2;/h5-8,13H,3-4,9H2,1-2H3,(H,14,15);1H. The second-order valence-corrected chi connectivity index (χ2v) is 3.34. The molecule has 2 N–H and O–H groups in total. The highest BCUT2D eigenvalue weighted by atomic mass is 35.5. The van der Waals surface area contributed by atoms with E-state index in [2.05, 4.69) is 17.6 Å². The number of halogens is 1. The second kappa shape index (κ2) is 8.13. The van der Waals surface area contributed by atoms with E-state index in [4.69, 9.17) is 0 Å². The van der Waals surface area contributed by atoms with Crippen LogP contribution in [0, 0.1) is 0 Å². The van der Waals surface area contributed by atoms with Crippen LogP contribution < -0.4 is 10.6 Å². The van der Waals surface area contributed by atoms with Gasteiger partial charge in [0.05, 0.1) is 0 Å². The minimum absolute atomic E-state index is 0. The normalized spacial score (nSPS) is 9.38. The largest absolute Gasteiger partial charge is 0.326 e. The van der Waals surface area contributed by atoms with Crippen LogP contribution in [-0.2, 0) is 11.3 Å². The summed E-state index contributed by atoms with van der Waals surface area (Å²) in [5.41, 5.74) is 2.03. The van der Waals surface area contributed by atoms with Crippen molar-refractivity contribution in [1.29, 1.82) is 0 Å². The molecule has 1 amide bonds. The number of carbonyl (C=O) groups is 1. The number of benzene rings is 1. The van der Waals surface area contributed by atoms with Crippen molar-refractivity contribution < 1.29 is 4.79 Å². The lowest BCUT2D eigenvalue weighted by atomic mass is 10.1. The van der Waals surface area contributed by atoms with Crippen molar-refractivity contribution in [1.82, 2.24) is 5.32 Å². The topological polar surface area (TPSA) is 41.1 Å². The molecule has 0 aliphatic carbocycles. The molecule has 90 valence electrons. The average Bonchev–Trinajstić information content (AvgIpc) is 2.28. The Morgan fingerprint density at radius 2 is 1.94 bits per heavy atom. The Hall–Kier alpha value is -1.06. The molecule has 16 heavy (non-hydrogen) atoms. The van der Waals surface area contributed by atoms with Crippen LogP contribution in [0.4, 0.5) is 5.69 Å². The number of rotatable bonds is 5. The molecular weight excluding hydrogens is 224 g/mol. The van der Waals surface area contributed by atoms with Crippen LogP contribution in [0.1, 0.15) is 25.8 Å². The number of hydrogen-bond donors (Lipinski definition) is 2. The summed E-state index contributed by atoms with van der Waals surface area (Å²) in [6.45, 7) is 5.63. The monoisotopic (exact) mass is 242 g/mol. The predicted molar refractivity (Wildman–Crippen MR) is 70.0 cm³/mol. The summed E-state index contributed by atoms with van der Waals surface area (Å²) in [5, 5.41) is 6.14. The third-order valence-electron chi connectivity index (χ3n) is 2.18. The van der Waals surface area contributed by atoms with E-state index in [0.29, 0.717) is 6.42 Å². The molecule has 3 nitrogen and oxygen atoms in total. The fourth-order valence-electron chi connectivity index (χ4n) is 1.29. The lowest BCUT2D eigenvalue weighted by molar-refractivity contribution is -0.115. The Morgan fingerprint density at radius 1 is 1.25 bits per heavy atom. The third kappa shape index (κ3) is 4.64. The first-order valence-electron chi connectivity index (χ1n) is 5.36. The van der Waals surface area contributed by atoms with E-state index in [-0.39, 0.29) is 18.3 Å². The molecule has 1 aromatic carbocycles. The fourth-order valence-corrected chi connectivity index (χ4v) is 1.29. The summed E-state index contributed by atoms with van der Waals surface area (Å²) in [6.07, 6.45) is 0.509. The number of carbonyl (C=O) groups excluding carboxylic acids is 1. The molecule has 0 unspecified atom stereocenters. The maximum Gasteiger partial charge on any atom is 0.224 e. The van der Waals surface area contributed by atoms with E-state index in [1.54, 1.807) is 0 Å². The van der Waals surface area contributed by atoms with Gasteiger partial charge in [0.25, 0.3) is 0 Å². The van der Waals surface area contributed by atoms with Gasteiger partial charge in [-0.25, -0.2) is 0 Å². The Kier molecular flexibility index (Phi) is 7.60. The SMILES string of the molecule is CCNCc1ccccc1NC(=O)CC.Cl. The van der Waals surface area contributed by atoms with E-state index in [0.717, 1.165) is 24.3 Å². The van der Waals surface area contributed by atoms with Gasteiger partial charge in [0.15, 0.2) is 0 Å². The summed E-state index contributed by atoms with van der Waals surface area (Å²) in [5.74, 6) is 0.0546. The van der Waals surface area contributed by atoms with Crippen LogP contribution in [0.5, 0.6) is 0 Å². The minimum atomic E-state index is 0. The number of hydrogen-bond acceptors (Lipinski definition) is 2. The van der Waals surface area contributed by atoms with Gasteiger partial charge < -0.3 is 10.6 Å². The second-order valence-electron chi connectivity index (χ2n) is 3.34. The summed E-state index contributed by atoms with van der Waals surface area (Å²) < 4.78 is 0. The third-order valence-corrected chi connectivity index (χ3v) is 2.18. The molecule has 0 aliphatic rings. The molecule has 1 aromatic rings. The molecule has 0 atom stereocenters. The number of amides is 1. The smallest absolute Gasteiger partial charge is 0.224 e. The molecule has 0 fully saturated rings. The van der Waals surface area contributed by atoms with Crippen molar-refractivity contribution in [3.63, 3.8) is 0 Å². The van der Waals surface area contributed by atoms with Crippen LogP contribution in [0.15, 0.2) is 24.3 Å². The van der Waals surface area contributed by atoms with Gasteiger partial charge in [0.1, 0.15) is 0 Å². The highest BCUT2D eigenvalue weighted by Gasteiger charge is 2.03. The lowest BCUT2D eigenvalue weighted by Gasteiger charge is -2.10. The molecule has 0 spiro atoms. The van der Waals surface area contributed by atoms with E-state index in [9.17, 15) is 4.79 Å². The summed E-state index contributed by atoms with van der Waals surface area (Å²) in [6, 6.07) is 7.86. The van der Waals surface area contributed by atoms with Gasteiger partial charge in [-0.1, -0.05) is 32.0 Å². The van der Waals surface area contributed by atoms with Gasteiger partial charge >= 0.3 is 0 Å². The van der Waals surface area contributed by atoms with Crippen molar-refractivity contribution >= 4 is 24.0 Å². The fraction of sp³-hybridized carbons (Fsp3) is 0.417. The number of nitrogens with one attached hydrogen (secondary N) is 2. The van der Waals surface area contributed by atoms with Crippen molar-refractivity contribution in [2.24, 2.45) is 0 Å². The molecule has 0 bridgehead atoms. The van der Waals surface area contributed by atoms with E-state index in [1.807, 2.05) is 31.2 Å². The van der Waals surface area contributed by atoms with Gasteiger partial charge in [0.2, 0.25) is 5.91 Å². The van der Waals surface area contributed by atoms with Crippen molar-refractivity contribution in [3.05, 3.63) is 29.8 Å². The van der Waals surface area contributed by atoms with Crippen LogP contribution in [0.25, 0.3) is 0 Å². The molecule has 0 heterocycles. The molecule has 0 radical (unpaired) electrons. The Labute approximate surface area is 103 Å². The number of anilines is 1. The molecular formula is C12H19ClN2O. The Balaban J connectivity index is 0.00000225. The minimum Gasteiger partial charge on any atom is -0.326 e. The van der Waals surface area contributed by atoms with Crippen molar-refractivity contribution in [2.45, 2.75) is 26.8 Å². The highest BCUT2D eigenvalue weighted by Crippen LogP contribution is 2.14. The lowest BCUT2D eigenvalue weighted by Crippen LogP contribution is -2.16. The zero-order valence-electron chi connectivity index (χ0n) is 9.75. The molecule has 0 saturated carbocycles. The van der Waals surface area contributed by atoms with Gasteiger partial charge in [-0.3, -0.25) is 4.79 Å². The number of para-hydroxylation sites is 1. The predicted octanol–water partition coefficient (Wildman–Crippen LogP) is 2.57. The van der Waals surface area contributed by atoms with E-state index < -0.39 is 0 Å². The van der Waals surface area contributed by atoms with Crippen LogP contribution in [-0.4, -0.2) is 12.5 Å². The first-order chi connectivity index (χ1) is 7.27. The quantitative estimate of drug-likeness (QED) is 0.833. The van der Waals surface area contributed by atoms with Gasteiger partial charge in [-0.2, -0.15) is 0 Å². The van der Waals surface area contributed by atoms with Crippen LogP contribution in [0.3, 0.4) is 0 Å². The molecule has 0 aromatic heterocycles. The molecule has 0 aliphatic heterocycles. The van der Waals surface area contributed by atoms with E-state index in [1.165, 1.54) is 0 Å². The summed E-state index contributed by atoms with van der Waals surface area (Å²) in [4.78, 5) is 11.3. The highest BCUT2D eigenvalue weighted by molar-refractivity contribution is 5.91. The zero-order chi connectivity index (χ0) is 11.1. The summed E-state index contributed by atoms with van der Waals surface area (Å²) >= 11 is 0. The Morgan fingerprint density at radius 3 is 2.56 bits per heavy atom. The maximum atomic E-state index is 11.3. The average molecular weight is 243 g/mol. The summed E-state index contributed by atoms with van der Waals surface area (Å²) in [7, 11) is 0. The van der Waals surface area contributed by atoms with Crippen molar-refractivity contribution in [3.8, 4) is 0 Å². The Bertz CT molecular complexity index is 329. The van der Waals surface area contributed by atoms with Gasteiger partial charge in [-0.05, 0) is 18.2 Å². The first kappa shape index (κ1) is 14.9. The van der Waals surface area contributed by atoms with Crippen LogP contribution in [0.2, 0.25) is 0 Å². The maximum absolute atomic E-state index is 11.3. The van der Waals surface area contributed by atoms with Crippen LogP contribution >= 0.6 is 12.4 Å². The van der Waals surface area contributed by atoms with Gasteiger partial charge in [-0.15, -0.1) is 12.4 Å². The molecule has 4 heteroatoms.